The third kappa shape index (κ3) is 2.68. The number of aliphatic hydroxyl groups excluding tert-OH is 1. The number of thioether (sulfide) groups is 1. The summed E-state index contributed by atoms with van der Waals surface area (Å²) in [5, 5.41) is 18.2. The van der Waals surface area contributed by atoms with Gasteiger partial charge in [0.15, 0.2) is 11.0 Å². The van der Waals surface area contributed by atoms with Crippen LogP contribution in [0.15, 0.2) is 35.5 Å². The van der Waals surface area contributed by atoms with Crippen LogP contribution in [0.5, 0.6) is 0 Å². The Morgan fingerprint density at radius 1 is 1.24 bits per heavy atom. The van der Waals surface area contributed by atoms with Gasteiger partial charge in [-0.3, -0.25) is 0 Å². The Bertz CT molecular complexity index is 470. The Morgan fingerprint density at radius 3 is 2.65 bits per heavy atom. The van der Waals surface area contributed by atoms with E-state index in [1.165, 1.54) is 0 Å². The molecule has 0 atom stereocenters. The van der Waals surface area contributed by atoms with E-state index in [0.29, 0.717) is 6.42 Å². The topological polar surface area (TPSA) is 50.9 Å². The van der Waals surface area contributed by atoms with Gasteiger partial charge in [0, 0.05) is 18.7 Å². The molecule has 90 valence electrons. The van der Waals surface area contributed by atoms with Crippen LogP contribution < -0.4 is 0 Å². The normalized spacial score (nSPS) is 10.7. The standard InChI is InChI=1S/C12H15N3OS/c1-17-12-14-13-11(15(12)8-5-9-16)10-6-3-2-4-7-10/h2-4,6-7,16H,5,8-9H2,1H3. The number of hydrogen-bond acceptors (Lipinski definition) is 4. The lowest BCUT2D eigenvalue weighted by molar-refractivity contribution is 0.278. The van der Waals surface area contributed by atoms with Crippen molar-refractivity contribution >= 4 is 11.8 Å². The summed E-state index contributed by atoms with van der Waals surface area (Å²) in [7, 11) is 0. The highest BCUT2D eigenvalue weighted by molar-refractivity contribution is 7.98. The number of aliphatic hydroxyl groups is 1. The smallest absolute Gasteiger partial charge is 0.191 e. The fourth-order valence-electron chi connectivity index (χ4n) is 1.67. The number of benzene rings is 1. The molecular weight excluding hydrogens is 234 g/mol. The van der Waals surface area contributed by atoms with Gasteiger partial charge in [-0.2, -0.15) is 0 Å². The molecule has 0 fully saturated rings. The van der Waals surface area contributed by atoms with Crippen molar-refractivity contribution in [2.75, 3.05) is 12.9 Å². The molecule has 0 aliphatic carbocycles. The lowest BCUT2D eigenvalue weighted by Gasteiger charge is -2.07. The molecule has 0 bridgehead atoms. The van der Waals surface area contributed by atoms with Crippen molar-refractivity contribution in [1.82, 2.24) is 14.8 Å². The van der Waals surface area contributed by atoms with E-state index in [-0.39, 0.29) is 6.61 Å². The predicted molar refractivity (Wildman–Crippen MR) is 68.9 cm³/mol. The van der Waals surface area contributed by atoms with E-state index < -0.39 is 0 Å². The fraction of sp³-hybridized carbons (Fsp3) is 0.333. The molecule has 4 nitrogen and oxygen atoms in total. The minimum atomic E-state index is 0.181. The Labute approximate surface area is 105 Å². The van der Waals surface area contributed by atoms with Gasteiger partial charge >= 0.3 is 0 Å². The molecule has 1 N–H and O–H groups in total. The van der Waals surface area contributed by atoms with Gasteiger partial charge in [0.25, 0.3) is 0 Å². The highest BCUT2D eigenvalue weighted by Gasteiger charge is 2.12. The minimum Gasteiger partial charge on any atom is -0.396 e. The first-order chi connectivity index (χ1) is 8.36. The summed E-state index contributed by atoms with van der Waals surface area (Å²) in [6.07, 6.45) is 2.69. The molecule has 0 saturated carbocycles. The van der Waals surface area contributed by atoms with E-state index >= 15 is 0 Å². The lowest BCUT2D eigenvalue weighted by Crippen LogP contribution is -2.04. The lowest BCUT2D eigenvalue weighted by atomic mass is 10.2. The van der Waals surface area contributed by atoms with Gasteiger partial charge in [0.05, 0.1) is 0 Å². The number of aromatic nitrogens is 3. The molecule has 2 aromatic rings. The summed E-state index contributed by atoms with van der Waals surface area (Å²) in [4.78, 5) is 0. The molecule has 17 heavy (non-hydrogen) atoms. The second kappa shape index (κ2) is 5.84. The van der Waals surface area contributed by atoms with Crippen LogP contribution in [0.1, 0.15) is 6.42 Å². The van der Waals surface area contributed by atoms with Crippen LogP contribution in [0.25, 0.3) is 11.4 Å². The van der Waals surface area contributed by atoms with E-state index in [1.807, 2.05) is 36.6 Å². The highest BCUT2D eigenvalue weighted by atomic mass is 32.2. The fourth-order valence-corrected chi connectivity index (χ4v) is 2.19. The van der Waals surface area contributed by atoms with Crippen molar-refractivity contribution in [3.63, 3.8) is 0 Å². The molecular formula is C12H15N3OS. The summed E-state index contributed by atoms with van der Waals surface area (Å²) in [5.41, 5.74) is 1.05. The van der Waals surface area contributed by atoms with Gasteiger partial charge in [0.2, 0.25) is 0 Å². The number of hydrogen-bond donors (Lipinski definition) is 1. The molecule has 1 aromatic carbocycles. The Balaban J connectivity index is 2.36. The third-order valence-corrected chi connectivity index (χ3v) is 3.14. The molecule has 0 saturated heterocycles. The zero-order chi connectivity index (χ0) is 12.1. The Kier molecular flexibility index (Phi) is 4.17. The molecule has 0 radical (unpaired) electrons. The van der Waals surface area contributed by atoms with Crippen molar-refractivity contribution in [2.24, 2.45) is 0 Å². The van der Waals surface area contributed by atoms with Crippen molar-refractivity contribution in [3.05, 3.63) is 30.3 Å². The Morgan fingerprint density at radius 2 is 2.00 bits per heavy atom. The maximum absolute atomic E-state index is 8.93. The molecule has 0 spiro atoms. The third-order valence-electron chi connectivity index (χ3n) is 2.47. The van der Waals surface area contributed by atoms with Crippen molar-refractivity contribution in [3.8, 4) is 11.4 Å². The average Bonchev–Trinajstić information content (AvgIpc) is 2.80. The average molecular weight is 249 g/mol. The monoisotopic (exact) mass is 249 g/mol. The molecule has 0 unspecified atom stereocenters. The molecule has 0 aliphatic rings. The van der Waals surface area contributed by atoms with E-state index in [9.17, 15) is 0 Å². The number of rotatable bonds is 5. The van der Waals surface area contributed by atoms with Gasteiger partial charge in [-0.05, 0) is 12.7 Å². The highest BCUT2D eigenvalue weighted by Crippen LogP contribution is 2.22. The summed E-state index contributed by atoms with van der Waals surface area (Å²) in [6.45, 7) is 0.921. The summed E-state index contributed by atoms with van der Waals surface area (Å²) in [5.74, 6) is 0.864. The van der Waals surface area contributed by atoms with Gasteiger partial charge in [-0.1, -0.05) is 42.1 Å². The molecule has 2 rings (SSSR count). The first kappa shape index (κ1) is 12.1. The summed E-state index contributed by atoms with van der Waals surface area (Å²) in [6, 6.07) is 9.98. The van der Waals surface area contributed by atoms with Crippen LogP contribution in [-0.2, 0) is 6.54 Å². The van der Waals surface area contributed by atoms with E-state index in [1.54, 1.807) is 11.8 Å². The van der Waals surface area contributed by atoms with Crippen LogP contribution in [0, 0.1) is 0 Å². The zero-order valence-electron chi connectivity index (χ0n) is 9.71. The number of nitrogens with zero attached hydrogens (tertiary/aromatic N) is 3. The van der Waals surface area contributed by atoms with E-state index in [4.69, 9.17) is 5.11 Å². The largest absolute Gasteiger partial charge is 0.396 e. The Hall–Kier alpha value is -1.33. The minimum absolute atomic E-state index is 0.181. The molecule has 0 aliphatic heterocycles. The van der Waals surface area contributed by atoms with Gasteiger partial charge in [-0.25, -0.2) is 0 Å². The molecule has 5 heteroatoms. The van der Waals surface area contributed by atoms with Crippen LogP contribution >= 0.6 is 11.8 Å². The first-order valence-corrected chi connectivity index (χ1v) is 6.72. The quantitative estimate of drug-likeness (QED) is 0.824. The van der Waals surface area contributed by atoms with Crippen LogP contribution in [0.4, 0.5) is 0 Å². The van der Waals surface area contributed by atoms with E-state index in [2.05, 4.69) is 14.8 Å². The first-order valence-electron chi connectivity index (χ1n) is 5.50. The van der Waals surface area contributed by atoms with Gasteiger partial charge < -0.3 is 9.67 Å². The summed E-state index contributed by atoms with van der Waals surface area (Å²) < 4.78 is 2.05. The van der Waals surface area contributed by atoms with Gasteiger partial charge in [0.1, 0.15) is 0 Å². The SMILES string of the molecule is CSc1nnc(-c2ccccc2)n1CCCO. The molecule has 0 amide bonds. The van der Waals surface area contributed by atoms with Gasteiger partial charge in [-0.15, -0.1) is 10.2 Å². The van der Waals surface area contributed by atoms with E-state index in [0.717, 1.165) is 23.1 Å². The summed E-state index contributed by atoms with van der Waals surface area (Å²) >= 11 is 1.57. The molecule has 1 aromatic heterocycles. The van der Waals surface area contributed by atoms with Crippen LogP contribution in [0.3, 0.4) is 0 Å². The van der Waals surface area contributed by atoms with Crippen molar-refractivity contribution < 1.29 is 5.11 Å². The maximum Gasteiger partial charge on any atom is 0.191 e. The van der Waals surface area contributed by atoms with Crippen LogP contribution in [0.2, 0.25) is 0 Å². The van der Waals surface area contributed by atoms with Crippen molar-refractivity contribution in [2.45, 2.75) is 18.1 Å². The van der Waals surface area contributed by atoms with Crippen LogP contribution in [-0.4, -0.2) is 32.7 Å². The second-order valence-electron chi connectivity index (χ2n) is 3.61. The zero-order valence-corrected chi connectivity index (χ0v) is 10.5. The second-order valence-corrected chi connectivity index (χ2v) is 4.38. The maximum atomic E-state index is 8.93. The molecule has 1 heterocycles. The van der Waals surface area contributed by atoms with Crippen molar-refractivity contribution in [1.29, 1.82) is 0 Å². The predicted octanol–water partition coefficient (Wildman–Crippen LogP) is 2.05.